The maximum absolute atomic E-state index is 13.7. The molecule has 0 heterocycles. The van der Waals surface area contributed by atoms with Gasteiger partial charge < -0.3 is 0 Å². The second kappa shape index (κ2) is 6.25. The summed E-state index contributed by atoms with van der Waals surface area (Å²) in [6.07, 6.45) is 0. The molecular weight excluding hydrogens is 357 g/mol. The molecule has 0 aliphatic carbocycles. The normalized spacial score (nSPS) is 13.1. The van der Waals surface area contributed by atoms with Crippen LogP contribution in [-0.4, -0.2) is 8.42 Å². The second-order valence-corrected chi connectivity index (χ2v) is 7.34. The monoisotopic (exact) mass is 371 g/mol. The summed E-state index contributed by atoms with van der Waals surface area (Å²) in [6, 6.07) is 10.2. The Morgan fingerprint density at radius 2 is 1.86 bits per heavy atom. The van der Waals surface area contributed by atoms with E-state index >= 15 is 0 Å². The number of rotatable bonds is 4. The average molecular weight is 372 g/mol. The van der Waals surface area contributed by atoms with Gasteiger partial charge in [-0.25, -0.2) is 17.5 Å². The van der Waals surface area contributed by atoms with E-state index in [1.165, 1.54) is 12.1 Å². The molecule has 1 atom stereocenters. The van der Waals surface area contributed by atoms with Crippen molar-refractivity contribution in [1.29, 1.82) is 0 Å². The van der Waals surface area contributed by atoms with Crippen LogP contribution >= 0.6 is 15.9 Å². The smallest absolute Gasteiger partial charge is 0.207 e. The summed E-state index contributed by atoms with van der Waals surface area (Å²) in [5.41, 5.74) is 1.13. The summed E-state index contributed by atoms with van der Waals surface area (Å²) in [5.74, 6) is -0.431. The Labute approximate surface area is 132 Å². The van der Waals surface area contributed by atoms with Gasteiger partial charge in [-0.05, 0) is 43.7 Å². The third kappa shape index (κ3) is 3.70. The minimum Gasteiger partial charge on any atom is -0.207 e. The summed E-state index contributed by atoms with van der Waals surface area (Å²) in [4.78, 5) is 0.159. The van der Waals surface area contributed by atoms with Crippen LogP contribution in [0.3, 0.4) is 0 Å². The van der Waals surface area contributed by atoms with E-state index in [0.29, 0.717) is 5.56 Å². The third-order valence-corrected chi connectivity index (χ3v) is 5.57. The van der Waals surface area contributed by atoms with Crippen molar-refractivity contribution in [3.8, 4) is 0 Å². The molecule has 0 aliphatic rings. The zero-order valence-electron chi connectivity index (χ0n) is 11.6. The minimum atomic E-state index is -3.70. The van der Waals surface area contributed by atoms with Crippen molar-refractivity contribution in [3.63, 3.8) is 0 Å². The first-order valence-corrected chi connectivity index (χ1v) is 8.62. The van der Waals surface area contributed by atoms with E-state index in [9.17, 15) is 12.8 Å². The minimum absolute atomic E-state index is 0.159. The zero-order valence-corrected chi connectivity index (χ0v) is 14.0. The van der Waals surface area contributed by atoms with Gasteiger partial charge in [-0.15, -0.1) is 0 Å². The van der Waals surface area contributed by atoms with Crippen LogP contribution in [0.25, 0.3) is 0 Å². The van der Waals surface area contributed by atoms with E-state index in [1.807, 2.05) is 6.92 Å². The number of nitrogens with one attached hydrogen (secondary N) is 1. The van der Waals surface area contributed by atoms with Gasteiger partial charge in [-0.2, -0.15) is 0 Å². The quantitative estimate of drug-likeness (QED) is 0.884. The standard InChI is InChI=1S/C15H15BrFNO2S/c1-10-9-12(7-8-14(10)16)21(19,20)18-11(2)13-5-3-4-6-15(13)17/h3-9,11,18H,1-2H3. The first kappa shape index (κ1) is 16.1. The maximum Gasteiger partial charge on any atom is 0.241 e. The highest BCUT2D eigenvalue weighted by Crippen LogP contribution is 2.22. The van der Waals surface area contributed by atoms with Crippen molar-refractivity contribution < 1.29 is 12.8 Å². The van der Waals surface area contributed by atoms with Gasteiger partial charge in [0, 0.05) is 16.1 Å². The van der Waals surface area contributed by atoms with Gasteiger partial charge in [0.15, 0.2) is 0 Å². The molecule has 3 nitrogen and oxygen atoms in total. The van der Waals surface area contributed by atoms with Crippen LogP contribution in [-0.2, 0) is 10.0 Å². The molecular formula is C15H15BrFNO2S. The highest BCUT2D eigenvalue weighted by molar-refractivity contribution is 9.10. The molecule has 21 heavy (non-hydrogen) atoms. The van der Waals surface area contributed by atoms with Gasteiger partial charge in [0.25, 0.3) is 0 Å². The predicted octanol–water partition coefficient (Wildman–Crippen LogP) is 3.94. The summed E-state index contributed by atoms with van der Waals surface area (Å²) in [5, 5.41) is 0. The number of halogens is 2. The van der Waals surface area contributed by atoms with E-state index in [2.05, 4.69) is 20.7 Å². The molecule has 1 unspecified atom stereocenters. The topological polar surface area (TPSA) is 46.2 Å². The van der Waals surface area contributed by atoms with Crippen molar-refractivity contribution in [2.24, 2.45) is 0 Å². The van der Waals surface area contributed by atoms with Crippen LogP contribution < -0.4 is 4.72 Å². The van der Waals surface area contributed by atoms with E-state index in [4.69, 9.17) is 0 Å². The summed E-state index contributed by atoms with van der Waals surface area (Å²) < 4.78 is 41.7. The van der Waals surface area contributed by atoms with Crippen LogP contribution in [0, 0.1) is 12.7 Å². The highest BCUT2D eigenvalue weighted by Gasteiger charge is 2.20. The fourth-order valence-electron chi connectivity index (χ4n) is 1.97. The lowest BCUT2D eigenvalue weighted by atomic mass is 10.1. The fraction of sp³-hybridized carbons (Fsp3) is 0.200. The molecule has 112 valence electrons. The van der Waals surface area contributed by atoms with Gasteiger partial charge >= 0.3 is 0 Å². The summed E-state index contributed by atoms with van der Waals surface area (Å²) in [6.45, 7) is 3.42. The zero-order chi connectivity index (χ0) is 15.6. The molecule has 1 N–H and O–H groups in total. The number of hydrogen-bond acceptors (Lipinski definition) is 2. The third-order valence-electron chi connectivity index (χ3n) is 3.14. The number of hydrogen-bond donors (Lipinski definition) is 1. The van der Waals surface area contributed by atoms with Gasteiger partial charge in [0.1, 0.15) is 5.82 Å². The first-order valence-electron chi connectivity index (χ1n) is 6.34. The maximum atomic E-state index is 13.7. The van der Waals surface area contributed by atoms with E-state index in [0.717, 1.165) is 10.0 Å². The predicted molar refractivity (Wildman–Crippen MR) is 84.0 cm³/mol. The van der Waals surface area contributed by atoms with Gasteiger partial charge in [0.2, 0.25) is 10.0 Å². The Hall–Kier alpha value is -1.24. The number of sulfonamides is 1. The molecule has 0 fully saturated rings. The van der Waals surface area contributed by atoms with Crippen molar-refractivity contribution in [2.75, 3.05) is 0 Å². The molecule has 2 rings (SSSR count). The van der Waals surface area contributed by atoms with Crippen molar-refractivity contribution in [1.82, 2.24) is 4.72 Å². The Morgan fingerprint density at radius 1 is 1.19 bits per heavy atom. The molecule has 0 aromatic heterocycles. The largest absolute Gasteiger partial charge is 0.241 e. The van der Waals surface area contributed by atoms with Gasteiger partial charge in [-0.1, -0.05) is 34.1 Å². The van der Waals surface area contributed by atoms with E-state index in [1.54, 1.807) is 37.3 Å². The van der Waals surface area contributed by atoms with Crippen LogP contribution in [0.2, 0.25) is 0 Å². The lowest BCUT2D eigenvalue weighted by molar-refractivity contribution is 0.550. The average Bonchev–Trinajstić information content (AvgIpc) is 2.41. The Bertz CT molecular complexity index is 762. The molecule has 0 radical (unpaired) electrons. The summed E-state index contributed by atoms with van der Waals surface area (Å²) >= 11 is 3.33. The van der Waals surface area contributed by atoms with Gasteiger partial charge in [0.05, 0.1) is 4.90 Å². The molecule has 0 aliphatic heterocycles. The molecule has 0 spiro atoms. The van der Waals surface area contributed by atoms with Crippen molar-refractivity contribution in [2.45, 2.75) is 24.8 Å². The second-order valence-electron chi connectivity index (χ2n) is 4.78. The molecule has 2 aromatic rings. The molecule has 0 saturated carbocycles. The Kier molecular flexibility index (Phi) is 4.81. The van der Waals surface area contributed by atoms with Crippen molar-refractivity contribution >= 4 is 26.0 Å². The molecule has 0 amide bonds. The SMILES string of the molecule is Cc1cc(S(=O)(=O)NC(C)c2ccccc2F)ccc1Br. The van der Waals surface area contributed by atoms with Gasteiger partial charge in [-0.3, -0.25) is 0 Å². The van der Waals surface area contributed by atoms with E-state index in [-0.39, 0.29) is 4.90 Å². The highest BCUT2D eigenvalue weighted by atomic mass is 79.9. The fourth-order valence-corrected chi connectivity index (χ4v) is 3.53. The van der Waals surface area contributed by atoms with Crippen LogP contribution in [0.1, 0.15) is 24.1 Å². The Morgan fingerprint density at radius 3 is 2.48 bits per heavy atom. The Balaban J connectivity index is 2.29. The lowest BCUT2D eigenvalue weighted by Gasteiger charge is -2.15. The van der Waals surface area contributed by atoms with Crippen LogP contribution in [0.5, 0.6) is 0 Å². The molecule has 6 heteroatoms. The molecule has 2 aromatic carbocycles. The molecule has 0 saturated heterocycles. The van der Waals surface area contributed by atoms with Crippen molar-refractivity contribution in [3.05, 3.63) is 63.9 Å². The first-order chi connectivity index (χ1) is 9.81. The summed E-state index contributed by atoms with van der Waals surface area (Å²) in [7, 11) is -3.70. The number of aryl methyl sites for hydroxylation is 1. The van der Waals surface area contributed by atoms with Crippen LogP contribution in [0.15, 0.2) is 51.8 Å². The van der Waals surface area contributed by atoms with Crippen LogP contribution in [0.4, 0.5) is 4.39 Å². The lowest BCUT2D eigenvalue weighted by Crippen LogP contribution is -2.27. The number of benzene rings is 2. The van der Waals surface area contributed by atoms with E-state index < -0.39 is 21.9 Å². The molecule has 0 bridgehead atoms.